The average molecular weight is 414 g/mol. The molecule has 0 saturated heterocycles. The van der Waals surface area contributed by atoms with Crippen LogP contribution in [0.15, 0.2) is 78.0 Å². The van der Waals surface area contributed by atoms with E-state index in [1.807, 2.05) is 12.1 Å². The molecule has 0 radical (unpaired) electrons. The van der Waals surface area contributed by atoms with Crippen molar-refractivity contribution >= 4 is 23.4 Å². The predicted octanol–water partition coefficient (Wildman–Crippen LogP) is 6.16. The Bertz CT molecular complexity index is 1130. The lowest BCUT2D eigenvalue weighted by Crippen LogP contribution is -2.03. The summed E-state index contributed by atoms with van der Waals surface area (Å²) in [6.45, 7) is 0. The number of para-hydroxylation sites is 1. The van der Waals surface area contributed by atoms with Crippen molar-refractivity contribution in [3.05, 3.63) is 95.0 Å². The summed E-state index contributed by atoms with van der Waals surface area (Å²) in [6.07, 6.45) is 0. The lowest BCUT2D eigenvalue weighted by atomic mass is 10.2. The van der Waals surface area contributed by atoms with Gasteiger partial charge in [0.25, 0.3) is 0 Å². The third-order valence-electron chi connectivity index (χ3n) is 4.16. The first-order chi connectivity index (χ1) is 13.6. The maximum atomic E-state index is 14.6. The Kier molecular flexibility index (Phi) is 5.41. The van der Waals surface area contributed by atoms with Gasteiger partial charge in [0.2, 0.25) is 0 Å². The third kappa shape index (κ3) is 3.66. The van der Waals surface area contributed by atoms with Crippen molar-refractivity contribution in [3.63, 3.8) is 0 Å². The maximum absolute atomic E-state index is 14.6. The molecule has 0 aliphatic carbocycles. The summed E-state index contributed by atoms with van der Waals surface area (Å²) in [4.78, 5) is 0. The van der Waals surface area contributed by atoms with E-state index in [1.165, 1.54) is 23.9 Å². The van der Waals surface area contributed by atoms with Gasteiger partial charge in [0.1, 0.15) is 11.6 Å². The number of nitrogens with zero attached hydrogens (tertiary/aromatic N) is 3. The molecule has 0 saturated carbocycles. The summed E-state index contributed by atoms with van der Waals surface area (Å²) in [5, 5.41) is 9.40. The molecule has 3 nitrogen and oxygen atoms in total. The Hall–Kier alpha value is -2.70. The molecule has 4 rings (SSSR count). The Morgan fingerprint density at radius 3 is 2.25 bits per heavy atom. The van der Waals surface area contributed by atoms with Gasteiger partial charge >= 0.3 is 0 Å². The summed E-state index contributed by atoms with van der Waals surface area (Å²) in [6, 6.07) is 20.1. The van der Waals surface area contributed by atoms with E-state index in [1.54, 1.807) is 53.1 Å². The summed E-state index contributed by atoms with van der Waals surface area (Å²) in [7, 11) is 0. The van der Waals surface area contributed by atoms with Gasteiger partial charge in [-0.2, -0.15) is 0 Å². The largest absolute Gasteiger partial charge is 0.267 e. The molecule has 0 N–H and O–H groups in total. The molecular formula is C21H14ClF2N3S. The van der Waals surface area contributed by atoms with Crippen molar-refractivity contribution < 1.29 is 8.78 Å². The molecule has 0 aliphatic rings. The van der Waals surface area contributed by atoms with Crippen LogP contribution >= 0.6 is 23.4 Å². The minimum atomic E-state index is -0.414. The highest BCUT2D eigenvalue weighted by Crippen LogP contribution is 2.33. The van der Waals surface area contributed by atoms with Gasteiger partial charge in [0.15, 0.2) is 11.0 Å². The summed E-state index contributed by atoms with van der Waals surface area (Å²) >= 11 is 7.61. The highest BCUT2D eigenvalue weighted by molar-refractivity contribution is 7.98. The van der Waals surface area contributed by atoms with E-state index < -0.39 is 5.82 Å². The first kappa shape index (κ1) is 18.7. The van der Waals surface area contributed by atoms with Crippen LogP contribution in [-0.4, -0.2) is 14.8 Å². The molecule has 0 amide bonds. The lowest BCUT2D eigenvalue weighted by molar-refractivity contribution is 0.613. The zero-order valence-electron chi connectivity index (χ0n) is 14.5. The molecule has 28 heavy (non-hydrogen) atoms. The Balaban J connectivity index is 1.80. The highest BCUT2D eigenvalue weighted by Gasteiger charge is 2.20. The molecule has 3 aromatic carbocycles. The van der Waals surface area contributed by atoms with Crippen LogP contribution in [0.1, 0.15) is 5.56 Å². The van der Waals surface area contributed by atoms with Gasteiger partial charge in [0, 0.05) is 11.3 Å². The fraction of sp³-hybridized carbons (Fsp3) is 0.0476. The molecular weight excluding hydrogens is 400 g/mol. The van der Waals surface area contributed by atoms with Gasteiger partial charge in [-0.3, -0.25) is 4.57 Å². The van der Waals surface area contributed by atoms with Gasteiger partial charge in [-0.05, 0) is 35.9 Å². The second kappa shape index (κ2) is 8.12. The number of hydrogen-bond acceptors (Lipinski definition) is 3. The van der Waals surface area contributed by atoms with Gasteiger partial charge in [-0.25, -0.2) is 8.78 Å². The van der Waals surface area contributed by atoms with E-state index in [0.717, 1.165) is 0 Å². The molecule has 1 heterocycles. The van der Waals surface area contributed by atoms with Crippen molar-refractivity contribution in [1.82, 2.24) is 14.8 Å². The number of hydrogen-bond donors (Lipinski definition) is 0. The Morgan fingerprint density at radius 2 is 1.50 bits per heavy atom. The number of aromatic nitrogens is 3. The van der Waals surface area contributed by atoms with Crippen LogP contribution in [0.5, 0.6) is 0 Å². The van der Waals surface area contributed by atoms with Crippen LogP contribution in [0, 0.1) is 11.6 Å². The first-order valence-corrected chi connectivity index (χ1v) is 9.83. The minimum Gasteiger partial charge on any atom is -0.267 e. The molecule has 7 heteroatoms. The van der Waals surface area contributed by atoms with Crippen LogP contribution in [0.25, 0.3) is 17.1 Å². The Labute approximate surface area is 170 Å². The molecule has 0 unspecified atom stereocenters. The summed E-state index contributed by atoms with van der Waals surface area (Å²) < 4.78 is 30.2. The van der Waals surface area contributed by atoms with E-state index in [9.17, 15) is 8.78 Å². The third-order valence-corrected chi connectivity index (χ3v) is 5.46. The average Bonchev–Trinajstić information content (AvgIpc) is 3.11. The van der Waals surface area contributed by atoms with Gasteiger partial charge in [0.05, 0.1) is 10.7 Å². The second-order valence-corrected chi connectivity index (χ2v) is 7.30. The van der Waals surface area contributed by atoms with E-state index in [2.05, 4.69) is 10.2 Å². The predicted molar refractivity (Wildman–Crippen MR) is 108 cm³/mol. The smallest absolute Gasteiger partial charge is 0.196 e. The maximum Gasteiger partial charge on any atom is 0.196 e. The van der Waals surface area contributed by atoms with Crippen LogP contribution in [0.3, 0.4) is 0 Å². The molecule has 140 valence electrons. The van der Waals surface area contributed by atoms with Crippen molar-refractivity contribution in [2.45, 2.75) is 10.9 Å². The lowest BCUT2D eigenvalue weighted by Gasteiger charge is -2.12. The SMILES string of the molecule is Fc1ccccc1CSc1nnc(-c2ccccc2Cl)n1-c1ccccc1F. The Morgan fingerprint density at radius 1 is 0.821 bits per heavy atom. The standard InChI is InChI=1S/C21H14ClF2N3S/c22-16-9-3-2-8-15(16)20-25-26-21(27(20)19-12-6-5-11-18(19)24)28-13-14-7-1-4-10-17(14)23/h1-12H,13H2. The van der Waals surface area contributed by atoms with E-state index >= 15 is 0 Å². The summed E-state index contributed by atoms with van der Waals surface area (Å²) in [5.41, 5.74) is 1.48. The van der Waals surface area contributed by atoms with Crippen LogP contribution in [-0.2, 0) is 5.75 Å². The second-order valence-electron chi connectivity index (χ2n) is 5.95. The molecule has 0 spiro atoms. The highest BCUT2D eigenvalue weighted by atomic mass is 35.5. The van der Waals surface area contributed by atoms with Crippen molar-refractivity contribution in [1.29, 1.82) is 0 Å². The molecule has 1 aromatic heterocycles. The van der Waals surface area contributed by atoms with Gasteiger partial charge in [-0.15, -0.1) is 10.2 Å². The number of halogens is 3. The fourth-order valence-corrected chi connectivity index (χ4v) is 3.94. The van der Waals surface area contributed by atoms with Crippen LogP contribution in [0.2, 0.25) is 5.02 Å². The van der Waals surface area contributed by atoms with E-state index in [0.29, 0.717) is 38.6 Å². The first-order valence-electron chi connectivity index (χ1n) is 8.46. The summed E-state index contributed by atoms with van der Waals surface area (Å²) in [5.74, 6) is 0.0512. The van der Waals surface area contributed by atoms with E-state index in [4.69, 9.17) is 11.6 Å². The van der Waals surface area contributed by atoms with Crippen molar-refractivity contribution in [3.8, 4) is 17.1 Å². The van der Waals surface area contributed by atoms with Gasteiger partial charge in [-0.1, -0.05) is 65.8 Å². The molecule has 0 fully saturated rings. The molecule has 0 atom stereocenters. The minimum absolute atomic E-state index is 0.293. The number of benzene rings is 3. The molecule has 0 aliphatic heterocycles. The van der Waals surface area contributed by atoms with Crippen molar-refractivity contribution in [2.75, 3.05) is 0 Å². The van der Waals surface area contributed by atoms with Crippen LogP contribution < -0.4 is 0 Å². The molecule has 4 aromatic rings. The normalized spacial score (nSPS) is 11.0. The number of rotatable bonds is 5. The zero-order valence-corrected chi connectivity index (χ0v) is 16.1. The van der Waals surface area contributed by atoms with E-state index in [-0.39, 0.29) is 5.82 Å². The molecule has 0 bridgehead atoms. The zero-order chi connectivity index (χ0) is 19.5. The van der Waals surface area contributed by atoms with Crippen LogP contribution in [0.4, 0.5) is 8.78 Å². The quantitative estimate of drug-likeness (QED) is 0.367. The topological polar surface area (TPSA) is 30.7 Å². The monoisotopic (exact) mass is 413 g/mol. The fourth-order valence-electron chi connectivity index (χ4n) is 2.79. The van der Waals surface area contributed by atoms with Crippen molar-refractivity contribution in [2.24, 2.45) is 0 Å². The van der Waals surface area contributed by atoms with Gasteiger partial charge < -0.3 is 0 Å². The number of thioether (sulfide) groups is 1.